The van der Waals surface area contributed by atoms with E-state index < -0.39 is 0 Å². The summed E-state index contributed by atoms with van der Waals surface area (Å²) in [5.41, 5.74) is 0. The van der Waals surface area contributed by atoms with Crippen LogP contribution in [0.5, 0.6) is 0 Å². The van der Waals surface area contributed by atoms with Crippen molar-refractivity contribution in [2.24, 2.45) is 0 Å². The molecule has 64 valence electrons. The highest BCUT2D eigenvalue weighted by Crippen LogP contribution is 1.90. The predicted molar refractivity (Wildman–Crippen MR) is 45.5 cm³/mol. The minimum absolute atomic E-state index is 0.176. The SMILES string of the molecule is CCOC(C)OCC#CCCl. The molecule has 0 bridgehead atoms. The van der Waals surface area contributed by atoms with E-state index in [1.54, 1.807) is 0 Å². The van der Waals surface area contributed by atoms with Gasteiger partial charge in [-0.25, -0.2) is 0 Å². The summed E-state index contributed by atoms with van der Waals surface area (Å²) in [5, 5.41) is 0. The molecule has 0 radical (unpaired) electrons. The molecule has 0 saturated heterocycles. The Bertz CT molecular complexity index is 137. The van der Waals surface area contributed by atoms with Crippen molar-refractivity contribution in [3.63, 3.8) is 0 Å². The van der Waals surface area contributed by atoms with E-state index in [9.17, 15) is 0 Å². The molecule has 3 heteroatoms. The van der Waals surface area contributed by atoms with Crippen molar-refractivity contribution in [2.45, 2.75) is 20.1 Å². The first-order valence-corrected chi connectivity index (χ1v) is 4.09. The maximum absolute atomic E-state index is 5.32. The highest BCUT2D eigenvalue weighted by Gasteiger charge is 1.96. The minimum Gasteiger partial charge on any atom is -0.353 e. The van der Waals surface area contributed by atoms with E-state index in [1.165, 1.54) is 0 Å². The molecule has 0 aliphatic heterocycles. The van der Waals surface area contributed by atoms with Crippen LogP contribution in [0.15, 0.2) is 0 Å². The van der Waals surface area contributed by atoms with Crippen LogP contribution in [0.3, 0.4) is 0 Å². The summed E-state index contributed by atoms with van der Waals surface area (Å²) in [7, 11) is 0. The lowest BCUT2D eigenvalue weighted by Crippen LogP contribution is -2.12. The number of hydrogen-bond acceptors (Lipinski definition) is 2. The number of ether oxygens (including phenoxy) is 2. The maximum Gasteiger partial charge on any atom is 0.156 e. The van der Waals surface area contributed by atoms with E-state index in [0.717, 1.165) is 0 Å². The molecule has 1 atom stereocenters. The Morgan fingerprint density at radius 2 is 2.09 bits per heavy atom. The fourth-order valence-electron chi connectivity index (χ4n) is 0.540. The first kappa shape index (κ1) is 10.8. The van der Waals surface area contributed by atoms with Crippen molar-refractivity contribution in [3.8, 4) is 11.8 Å². The first-order valence-electron chi connectivity index (χ1n) is 3.56. The summed E-state index contributed by atoms with van der Waals surface area (Å²) < 4.78 is 10.2. The summed E-state index contributed by atoms with van der Waals surface area (Å²) in [5.74, 6) is 5.77. The van der Waals surface area contributed by atoms with Crippen molar-refractivity contribution in [2.75, 3.05) is 19.1 Å². The van der Waals surface area contributed by atoms with Gasteiger partial charge in [0.15, 0.2) is 6.29 Å². The predicted octanol–water partition coefficient (Wildman–Crippen LogP) is 1.63. The molecule has 0 heterocycles. The van der Waals surface area contributed by atoms with E-state index in [1.807, 2.05) is 13.8 Å². The average Bonchev–Trinajstić information content (AvgIpc) is 1.99. The van der Waals surface area contributed by atoms with Gasteiger partial charge in [0.1, 0.15) is 6.61 Å². The third kappa shape index (κ3) is 7.67. The van der Waals surface area contributed by atoms with Crippen molar-refractivity contribution < 1.29 is 9.47 Å². The molecule has 0 amide bonds. The van der Waals surface area contributed by atoms with E-state index in [-0.39, 0.29) is 6.29 Å². The highest BCUT2D eigenvalue weighted by atomic mass is 35.5. The van der Waals surface area contributed by atoms with Crippen molar-refractivity contribution in [1.29, 1.82) is 0 Å². The van der Waals surface area contributed by atoms with Gasteiger partial charge in [0.2, 0.25) is 0 Å². The van der Waals surface area contributed by atoms with Crippen LogP contribution in [0.2, 0.25) is 0 Å². The lowest BCUT2D eigenvalue weighted by molar-refractivity contribution is -0.117. The largest absolute Gasteiger partial charge is 0.353 e. The van der Waals surface area contributed by atoms with E-state index in [0.29, 0.717) is 19.1 Å². The zero-order valence-electron chi connectivity index (χ0n) is 6.89. The van der Waals surface area contributed by atoms with Crippen molar-refractivity contribution >= 4 is 11.6 Å². The Kier molecular flexibility index (Phi) is 7.71. The normalized spacial score (nSPS) is 11.9. The van der Waals surface area contributed by atoms with Crippen LogP contribution in [0, 0.1) is 11.8 Å². The van der Waals surface area contributed by atoms with Crippen LogP contribution < -0.4 is 0 Å². The Morgan fingerprint density at radius 3 is 2.64 bits per heavy atom. The van der Waals surface area contributed by atoms with Gasteiger partial charge in [0, 0.05) is 6.61 Å². The highest BCUT2D eigenvalue weighted by molar-refractivity contribution is 6.19. The molecule has 0 spiro atoms. The van der Waals surface area contributed by atoms with Gasteiger partial charge in [-0.2, -0.15) is 0 Å². The van der Waals surface area contributed by atoms with Gasteiger partial charge < -0.3 is 9.47 Å². The topological polar surface area (TPSA) is 18.5 Å². The van der Waals surface area contributed by atoms with Gasteiger partial charge in [-0.15, -0.1) is 11.6 Å². The van der Waals surface area contributed by atoms with Crippen molar-refractivity contribution in [3.05, 3.63) is 0 Å². The Balaban J connectivity index is 3.23. The van der Waals surface area contributed by atoms with Gasteiger partial charge in [-0.05, 0) is 13.8 Å². The third-order valence-corrected chi connectivity index (χ3v) is 1.12. The van der Waals surface area contributed by atoms with Gasteiger partial charge in [0.25, 0.3) is 0 Å². The monoisotopic (exact) mass is 176 g/mol. The van der Waals surface area contributed by atoms with Crippen LogP contribution in [0.1, 0.15) is 13.8 Å². The zero-order chi connectivity index (χ0) is 8.53. The van der Waals surface area contributed by atoms with Gasteiger partial charge in [-0.1, -0.05) is 11.8 Å². The summed E-state index contributed by atoms with van der Waals surface area (Å²) >= 11 is 5.32. The smallest absolute Gasteiger partial charge is 0.156 e. The summed E-state index contributed by atoms with van der Waals surface area (Å²) in [6, 6.07) is 0. The molecule has 0 N–H and O–H groups in total. The molecule has 1 unspecified atom stereocenters. The minimum atomic E-state index is -0.176. The third-order valence-electron chi connectivity index (χ3n) is 0.983. The van der Waals surface area contributed by atoms with E-state index in [4.69, 9.17) is 21.1 Å². The molecular weight excluding hydrogens is 164 g/mol. The van der Waals surface area contributed by atoms with E-state index in [2.05, 4.69) is 11.8 Å². The number of alkyl halides is 1. The molecule has 0 aliphatic carbocycles. The molecule has 0 aromatic carbocycles. The second kappa shape index (κ2) is 7.87. The number of rotatable bonds is 4. The van der Waals surface area contributed by atoms with Crippen LogP contribution in [0.25, 0.3) is 0 Å². The lowest BCUT2D eigenvalue weighted by atomic mass is 10.6. The molecule has 0 saturated carbocycles. The Labute approximate surface area is 72.8 Å². The standard InChI is InChI=1S/C8H13ClO2/c1-3-10-8(2)11-7-5-4-6-9/h8H,3,6-7H2,1-2H3. The summed E-state index contributed by atoms with van der Waals surface area (Å²) in [4.78, 5) is 0. The molecule has 0 aromatic heterocycles. The first-order chi connectivity index (χ1) is 5.31. The molecule has 0 fully saturated rings. The number of hydrogen-bond donors (Lipinski definition) is 0. The van der Waals surface area contributed by atoms with Crippen LogP contribution in [-0.2, 0) is 9.47 Å². The molecule has 11 heavy (non-hydrogen) atoms. The fraction of sp³-hybridized carbons (Fsp3) is 0.750. The molecule has 0 rings (SSSR count). The van der Waals surface area contributed by atoms with Crippen molar-refractivity contribution in [1.82, 2.24) is 0 Å². The van der Waals surface area contributed by atoms with Gasteiger partial charge in [0.05, 0.1) is 5.88 Å². The fourth-order valence-corrected chi connectivity index (χ4v) is 0.635. The quantitative estimate of drug-likeness (QED) is 0.368. The molecule has 0 aromatic rings. The summed E-state index contributed by atoms with van der Waals surface area (Å²) in [6.45, 7) is 4.80. The number of halogens is 1. The van der Waals surface area contributed by atoms with Crippen LogP contribution >= 0.6 is 11.6 Å². The second-order valence-electron chi connectivity index (χ2n) is 1.82. The maximum atomic E-state index is 5.32. The lowest BCUT2D eigenvalue weighted by Gasteiger charge is -2.09. The average molecular weight is 177 g/mol. The second-order valence-corrected chi connectivity index (χ2v) is 2.09. The zero-order valence-corrected chi connectivity index (χ0v) is 7.65. The van der Waals surface area contributed by atoms with Crippen LogP contribution in [0.4, 0.5) is 0 Å². The van der Waals surface area contributed by atoms with Gasteiger partial charge in [-0.3, -0.25) is 0 Å². The Hall–Kier alpha value is -0.230. The molecule has 2 nitrogen and oxygen atoms in total. The van der Waals surface area contributed by atoms with Gasteiger partial charge >= 0.3 is 0 Å². The van der Waals surface area contributed by atoms with E-state index >= 15 is 0 Å². The Morgan fingerprint density at radius 1 is 1.36 bits per heavy atom. The molecular formula is C8H13ClO2. The summed E-state index contributed by atoms with van der Waals surface area (Å²) in [6.07, 6.45) is -0.176. The molecule has 0 aliphatic rings. The van der Waals surface area contributed by atoms with Crippen LogP contribution in [-0.4, -0.2) is 25.4 Å².